The summed E-state index contributed by atoms with van der Waals surface area (Å²) in [6.07, 6.45) is -1.70. The number of carbonyl (C=O) groups is 1. The minimum absolute atomic E-state index is 0.120. The van der Waals surface area contributed by atoms with Gasteiger partial charge in [0.05, 0.1) is 5.69 Å². The van der Waals surface area contributed by atoms with Crippen LogP contribution < -0.4 is 5.32 Å². The second-order valence-electron chi connectivity index (χ2n) is 7.70. The Morgan fingerprint density at radius 2 is 1.61 bits per heavy atom. The molecule has 2 atom stereocenters. The van der Waals surface area contributed by atoms with Crippen LogP contribution in [0.3, 0.4) is 0 Å². The number of nitrogens with one attached hydrogen (secondary N) is 1. The van der Waals surface area contributed by atoms with Crippen LogP contribution in [0.15, 0.2) is 78.9 Å². The number of anilines is 1. The molecular formula is C27H27NO5. The van der Waals surface area contributed by atoms with Gasteiger partial charge < -0.3 is 19.7 Å². The van der Waals surface area contributed by atoms with Crippen molar-refractivity contribution >= 4 is 33.3 Å². The molecule has 0 heterocycles. The molecule has 0 radical (unpaired) electrons. The Balaban J connectivity index is 1.70. The average molecular weight is 446 g/mol. The molecule has 0 aliphatic carbocycles. The van der Waals surface area contributed by atoms with Gasteiger partial charge in [0, 0.05) is 36.0 Å². The molecule has 0 fully saturated rings. The SMILES string of the molecule is CCO[C@@H](CCO)[C@@H](OC(=O)Nc1cccc2ccccc12)c1ccc(O)c2ccccc12. The lowest BCUT2D eigenvalue weighted by Gasteiger charge is -2.28. The van der Waals surface area contributed by atoms with E-state index in [1.807, 2.05) is 73.7 Å². The summed E-state index contributed by atoms with van der Waals surface area (Å²) < 4.78 is 11.8. The third kappa shape index (κ3) is 4.92. The first-order valence-electron chi connectivity index (χ1n) is 11.0. The van der Waals surface area contributed by atoms with Crippen LogP contribution in [0.2, 0.25) is 0 Å². The van der Waals surface area contributed by atoms with Crippen LogP contribution in [0.4, 0.5) is 10.5 Å². The van der Waals surface area contributed by atoms with Gasteiger partial charge in [-0.1, -0.05) is 66.7 Å². The number of carbonyl (C=O) groups excluding carboxylic acids is 1. The molecule has 0 aliphatic heterocycles. The van der Waals surface area contributed by atoms with Crippen LogP contribution in [0.25, 0.3) is 21.5 Å². The molecule has 6 heteroatoms. The monoisotopic (exact) mass is 445 g/mol. The lowest BCUT2D eigenvalue weighted by Crippen LogP contribution is -2.30. The van der Waals surface area contributed by atoms with Crippen LogP contribution >= 0.6 is 0 Å². The normalized spacial score (nSPS) is 13.0. The van der Waals surface area contributed by atoms with Crippen molar-refractivity contribution in [2.45, 2.75) is 25.6 Å². The fourth-order valence-electron chi connectivity index (χ4n) is 4.15. The maximum absolute atomic E-state index is 13.1. The van der Waals surface area contributed by atoms with E-state index in [1.165, 1.54) is 0 Å². The molecular weight excluding hydrogens is 418 g/mol. The number of hydrogen-bond donors (Lipinski definition) is 3. The van der Waals surface area contributed by atoms with Crippen LogP contribution in [-0.2, 0) is 9.47 Å². The Bertz CT molecular complexity index is 1240. The van der Waals surface area contributed by atoms with E-state index in [1.54, 1.807) is 12.1 Å². The maximum Gasteiger partial charge on any atom is 0.412 e. The molecule has 0 unspecified atom stereocenters. The van der Waals surface area contributed by atoms with Crippen LogP contribution in [0.5, 0.6) is 5.75 Å². The first-order valence-corrected chi connectivity index (χ1v) is 11.0. The summed E-state index contributed by atoms with van der Waals surface area (Å²) >= 11 is 0. The predicted octanol–water partition coefficient (Wildman–Crippen LogP) is 5.78. The van der Waals surface area contributed by atoms with Gasteiger partial charge in [0.1, 0.15) is 11.9 Å². The zero-order valence-corrected chi connectivity index (χ0v) is 18.4. The van der Waals surface area contributed by atoms with Crippen molar-refractivity contribution < 1.29 is 24.5 Å². The first kappa shape index (κ1) is 22.6. The summed E-state index contributed by atoms with van der Waals surface area (Å²) in [7, 11) is 0. The molecule has 4 aromatic rings. The molecule has 1 amide bonds. The number of fused-ring (bicyclic) bond motifs is 2. The lowest BCUT2D eigenvalue weighted by atomic mass is 9.95. The van der Waals surface area contributed by atoms with Crippen LogP contribution in [0.1, 0.15) is 25.0 Å². The van der Waals surface area contributed by atoms with Crippen molar-refractivity contribution in [2.75, 3.05) is 18.5 Å². The Morgan fingerprint density at radius 1 is 0.909 bits per heavy atom. The van der Waals surface area contributed by atoms with E-state index in [0.717, 1.165) is 16.2 Å². The second kappa shape index (κ2) is 10.3. The summed E-state index contributed by atoms with van der Waals surface area (Å²) in [5.74, 6) is 0.142. The Labute approximate surface area is 192 Å². The number of phenolic OH excluding ortho intramolecular Hbond substituents is 1. The van der Waals surface area contributed by atoms with Gasteiger partial charge in [-0.3, -0.25) is 5.32 Å². The molecule has 0 bridgehead atoms. The molecule has 170 valence electrons. The summed E-state index contributed by atoms with van der Waals surface area (Å²) in [5.41, 5.74) is 1.34. The highest BCUT2D eigenvalue weighted by Gasteiger charge is 2.29. The fourth-order valence-corrected chi connectivity index (χ4v) is 4.15. The standard InChI is InChI=1S/C27H27NO5/c1-2-32-25(16-17-29)26(22-14-15-24(30)21-12-6-5-11-20(21)22)33-27(31)28-23-13-7-9-18-8-3-4-10-19(18)23/h3-15,25-26,29-30H,2,16-17H2,1H3,(H,28,31)/t25-,26-/m0/s1. The number of aromatic hydroxyl groups is 1. The summed E-state index contributed by atoms with van der Waals surface area (Å²) in [6.45, 7) is 2.13. The second-order valence-corrected chi connectivity index (χ2v) is 7.70. The quantitative estimate of drug-likeness (QED) is 0.320. The molecule has 0 saturated heterocycles. The third-order valence-electron chi connectivity index (χ3n) is 5.63. The van der Waals surface area contributed by atoms with Crippen molar-refractivity contribution in [2.24, 2.45) is 0 Å². The Kier molecular flexibility index (Phi) is 7.07. The summed E-state index contributed by atoms with van der Waals surface area (Å²) in [5, 5.41) is 26.1. The van der Waals surface area contributed by atoms with Crippen molar-refractivity contribution in [1.29, 1.82) is 0 Å². The van der Waals surface area contributed by atoms with E-state index in [0.29, 0.717) is 23.2 Å². The van der Waals surface area contributed by atoms with E-state index < -0.39 is 18.3 Å². The highest BCUT2D eigenvalue weighted by atomic mass is 16.6. The van der Waals surface area contributed by atoms with Crippen LogP contribution in [0, 0.1) is 0 Å². The number of phenols is 1. The fraction of sp³-hybridized carbons (Fsp3) is 0.222. The Hall–Kier alpha value is -3.61. The minimum Gasteiger partial charge on any atom is -0.507 e. The van der Waals surface area contributed by atoms with Gasteiger partial charge in [-0.15, -0.1) is 0 Å². The molecule has 0 spiro atoms. The van der Waals surface area contributed by atoms with Gasteiger partial charge in [-0.25, -0.2) is 4.79 Å². The molecule has 3 N–H and O–H groups in total. The molecule has 4 aromatic carbocycles. The van der Waals surface area contributed by atoms with Gasteiger partial charge in [0.15, 0.2) is 6.10 Å². The number of hydrogen-bond acceptors (Lipinski definition) is 5. The highest BCUT2D eigenvalue weighted by Crippen LogP contribution is 2.36. The first-order chi connectivity index (χ1) is 16.1. The average Bonchev–Trinajstić information content (AvgIpc) is 2.83. The van der Waals surface area contributed by atoms with Crippen molar-refractivity contribution in [1.82, 2.24) is 0 Å². The number of benzene rings is 4. The predicted molar refractivity (Wildman–Crippen MR) is 130 cm³/mol. The lowest BCUT2D eigenvalue weighted by molar-refractivity contribution is -0.0478. The van der Waals surface area contributed by atoms with Gasteiger partial charge in [0.2, 0.25) is 0 Å². The smallest absolute Gasteiger partial charge is 0.412 e. The van der Waals surface area contributed by atoms with E-state index in [9.17, 15) is 15.0 Å². The van der Waals surface area contributed by atoms with Gasteiger partial charge in [-0.2, -0.15) is 0 Å². The topological polar surface area (TPSA) is 88.0 Å². The van der Waals surface area contributed by atoms with E-state index >= 15 is 0 Å². The van der Waals surface area contributed by atoms with E-state index in [4.69, 9.17) is 9.47 Å². The van der Waals surface area contributed by atoms with Gasteiger partial charge in [-0.05, 0) is 29.8 Å². The number of aliphatic hydroxyl groups is 1. The van der Waals surface area contributed by atoms with Crippen LogP contribution in [-0.4, -0.2) is 35.6 Å². The molecule has 4 rings (SSSR count). The molecule has 33 heavy (non-hydrogen) atoms. The number of amides is 1. The van der Waals surface area contributed by atoms with E-state index in [-0.39, 0.29) is 18.8 Å². The molecule has 0 aliphatic rings. The number of aliphatic hydroxyl groups excluding tert-OH is 1. The number of rotatable bonds is 8. The zero-order valence-electron chi connectivity index (χ0n) is 18.4. The molecule has 6 nitrogen and oxygen atoms in total. The molecule has 0 aromatic heterocycles. The highest BCUT2D eigenvalue weighted by molar-refractivity contribution is 6.00. The third-order valence-corrected chi connectivity index (χ3v) is 5.63. The maximum atomic E-state index is 13.1. The largest absolute Gasteiger partial charge is 0.507 e. The minimum atomic E-state index is -0.794. The van der Waals surface area contributed by atoms with Crippen molar-refractivity contribution in [3.05, 3.63) is 84.4 Å². The summed E-state index contributed by atoms with van der Waals surface area (Å²) in [4.78, 5) is 13.1. The number of ether oxygens (including phenoxy) is 2. The van der Waals surface area contributed by atoms with E-state index in [2.05, 4.69) is 5.32 Å². The van der Waals surface area contributed by atoms with Crippen molar-refractivity contribution in [3.63, 3.8) is 0 Å². The Morgan fingerprint density at radius 3 is 2.36 bits per heavy atom. The summed E-state index contributed by atoms with van der Waals surface area (Å²) in [6, 6.07) is 24.1. The van der Waals surface area contributed by atoms with Gasteiger partial charge in [0.25, 0.3) is 0 Å². The zero-order chi connectivity index (χ0) is 23.2. The van der Waals surface area contributed by atoms with Crippen molar-refractivity contribution in [3.8, 4) is 5.75 Å². The van der Waals surface area contributed by atoms with Gasteiger partial charge >= 0.3 is 6.09 Å². The molecule has 0 saturated carbocycles.